The first-order chi connectivity index (χ1) is 9.57. The van der Waals surface area contributed by atoms with Gasteiger partial charge < -0.3 is 10.2 Å². The van der Waals surface area contributed by atoms with E-state index in [0.29, 0.717) is 23.2 Å². The number of piperidine rings is 1. The van der Waals surface area contributed by atoms with Crippen molar-refractivity contribution >= 4 is 11.6 Å². The minimum atomic E-state index is -0.439. The minimum Gasteiger partial charge on any atom is -0.508 e. The summed E-state index contributed by atoms with van der Waals surface area (Å²) >= 11 is 6.00. The Kier molecular flexibility index (Phi) is 3.93. The second-order valence-electron chi connectivity index (χ2n) is 6.30. The monoisotopic (exact) mass is 295 g/mol. The highest BCUT2D eigenvalue weighted by Crippen LogP contribution is 2.40. The van der Waals surface area contributed by atoms with Gasteiger partial charge in [-0.3, -0.25) is 4.90 Å². The molecule has 1 saturated heterocycles. The van der Waals surface area contributed by atoms with Gasteiger partial charge in [0.25, 0.3) is 0 Å². The third-order valence-corrected chi connectivity index (χ3v) is 5.18. The molecule has 2 unspecified atom stereocenters. The molecule has 1 aliphatic carbocycles. The predicted octanol–water partition coefficient (Wildman–Crippen LogP) is 3.17. The standard InChI is InChI=1S/C16H22ClNO2/c17-14-4-5-15(19)12(9-14)10-18-8-7-16(20)6-2-1-3-13(16)11-18/h4-5,9,13,19-20H,1-3,6-8,10-11H2. The number of phenols is 1. The highest BCUT2D eigenvalue weighted by atomic mass is 35.5. The van der Waals surface area contributed by atoms with Crippen molar-refractivity contribution in [3.8, 4) is 5.75 Å². The number of nitrogens with zero attached hydrogens (tertiary/aromatic N) is 1. The van der Waals surface area contributed by atoms with Gasteiger partial charge in [0.1, 0.15) is 5.75 Å². The second-order valence-corrected chi connectivity index (χ2v) is 6.74. The Bertz CT molecular complexity index is 493. The van der Waals surface area contributed by atoms with Crippen LogP contribution in [0.1, 0.15) is 37.7 Å². The fraction of sp³-hybridized carbons (Fsp3) is 0.625. The van der Waals surface area contributed by atoms with Gasteiger partial charge in [0, 0.05) is 36.1 Å². The largest absolute Gasteiger partial charge is 0.508 e. The van der Waals surface area contributed by atoms with Gasteiger partial charge in [-0.25, -0.2) is 0 Å². The summed E-state index contributed by atoms with van der Waals surface area (Å²) < 4.78 is 0. The summed E-state index contributed by atoms with van der Waals surface area (Å²) in [6, 6.07) is 5.19. The van der Waals surface area contributed by atoms with Crippen molar-refractivity contribution in [3.63, 3.8) is 0 Å². The molecule has 0 radical (unpaired) electrons. The van der Waals surface area contributed by atoms with Crippen LogP contribution in [-0.4, -0.2) is 33.8 Å². The highest BCUT2D eigenvalue weighted by Gasteiger charge is 2.42. The number of fused-ring (bicyclic) bond motifs is 1. The fourth-order valence-electron chi connectivity index (χ4n) is 3.70. The van der Waals surface area contributed by atoms with E-state index in [1.54, 1.807) is 12.1 Å². The van der Waals surface area contributed by atoms with E-state index in [1.807, 2.05) is 6.07 Å². The fourth-order valence-corrected chi connectivity index (χ4v) is 3.90. The maximum atomic E-state index is 10.7. The van der Waals surface area contributed by atoms with Crippen molar-refractivity contribution in [2.75, 3.05) is 13.1 Å². The molecule has 2 N–H and O–H groups in total. The smallest absolute Gasteiger partial charge is 0.120 e. The lowest BCUT2D eigenvalue weighted by molar-refractivity contribution is -0.0968. The highest BCUT2D eigenvalue weighted by molar-refractivity contribution is 6.30. The number of aliphatic hydroxyl groups is 1. The molecule has 2 atom stereocenters. The molecule has 0 spiro atoms. The van der Waals surface area contributed by atoms with Gasteiger partial charge in [0.05, 0.1) is 5.60 Å². The zero-order valence-corrected chi connectivity index (χ0v) is 12.4. The summed E-state index contributed by atoms with van der Waals surface area (Å²) in [6.07, 6.45) is 5.30. The number of aromatic hydroxyl groups is 1. The first kappa shape index (κ1) is 14.2. The van der Waals surface area contributed by atoms with E-state index in [4.69, 9.17) is 11.6 Å². The van der Waals surface area contributed by atoms with E-state index in [9.17, 15) is 10.2 Å². The summed E-state index contributed by atoms with van der Waals surface area (Å²) in [7, 11) is 0. The lowest BCUT2D eigenvalue weighted by atomic mass is 9.71. The summed E-state index contributed by atoms with van der Waals surface area (Å²) in [5.41, 5.74) is 0.434. The Labute approximate surface area is 125 Å². The van der Waals surface area contributed by atoms with Crippen LogP contribution in [0, 0.1) is 5.92 Å². The number of rotatable bonds is 2. The summed E-state index contributed by atoms with van der Waals surface area (Å²) in [4.78, 5) is 2.33. The van der Waals surface area contributed by atoms with Crippen LogP contribution in [0.2, 0.25) is 5.02 Å². The number of halogens is 1. The van der Waals surface area contributed by atoms with Crippen LogP contribution < -0.4 is 0 Å². The first-order valence-corrected chi connectivity index (χ1v) is 7.87. The van der Waals surface area contributed by atoms with Crippen molar-refractivity contribution in [1.82, 2.24) is 4.90 Å². The van der Waals surface area contributed by atoms with Crippen molar-refractivity contribution < 1.29 is 10.2 Å². The molecule has 0 bridgehead atoms. The molecular formula is C16H22ClNO2. The van der Waals surface area contributed by atoms with Crippen molar-refractivity contribution in [2.45, 2.75) is 44.2 Å². The van der Waals surface area contributed by atoms with E-state index in [2.05, 4.69) is 4.90 Å². The third-order valence-electron chi connectivity index (χ3n) is 4.95. The van der Waals surface area contributed by atoms with Gasteiger partial charge >= 0.3 is 0 Å². The number of hydrogen-bond donors (Lipinski definition) is 2. The summed E-state index contributed by atoms with van der Waals surface area (Å²) in [6.45, 7) is 2.51. The zero-order valence-electron chi connectivity index (χ0n) is 11.7. The Hall–Kier alpha value is -0.770. The molecule has 2 aliphatic rings. The Morgan fingerprint density at radius 2 is 2.15 bits per heavy atom. The van der Waals surface area contributed by atoms with Crippen LogP contribution in [0.25, 0.3) is 0 Å². The normalized spacial score (nSPS) is 31.0. The lowest BCUT2D eigenvalue weighted by Gasteiger charge is -2.47. The van der Waals surface area contributed by atoms with Crippen LogP contribution in [0.3, 0.4) is 0 Å². The predicted molar refractivity (Wildman–Crippen MR) is 79.9 cm³/mol. The van der Waals surface area contributed by atoms with Crippen molar-refractivity contribution in [1.29, 1.82) is 0 Å². The third kappa shape index (κ3) is 2.80. The van der Waals surface area contributed by atoms with E-state index in [0.717, 1.165) is 44.3 Å². The molecule has 20 heavy (non-hydrogen) atoms. The number of hydrogen-bond acceptors (Lipinski definition) is 3. The lowest BCUT2D eigenvalue weighted by Crippen LogP contribution is -2.52. The van der Waals surface area contributed by atoms with Crippen LogP contribution in [0.4, 0.5) is 0 Å². The second kappa shape index (κ2) is 5.55. The maximum Gasteiger partial charge on any atom is 0.120 e. The van der Waals surface area contributed by atoms with Crippen molar-refractivity contribution in [2.24, 2.45) is 5.92 Å². The average Bonchev–Trinajstić information content (AvgIpc) is 2.43. The first-order valence-electron chi connectivity index (χ1n) is 7.49. The number of likely N-dealkylation sites (tertiary alicyclic amines) is 1. The molecule has 3 nitrogen and oxygen atoms in total. The molecule has 4 heteroatoms. The SMILES string of the molecule is Oc1ccc(Cl)cc1CN1CCC2(O)CCCCC2C1. The Balaban J connectivity index is 1.69. The molecule has 0 aromatic heterocycles. The zero-order chi connectivity index (χ0) is 14.2. The molecule has 1 heterocycles. The number of phenolic OH excluding ortho intramolecular Hbond substituents is 1. The summed E-state index contributed by atoms with van der Waals surface area (Å²) in [5.74, 6) is 0.685. The quantitative estimate of drug-likeness (QED) is 0.881. The van der Waals surface area contributed by atoms with Gasteiger partial charge in [0.2, 0.25) is 0 Å². The van der Waals surface area contributed by atoms with Gasteiger partial charge in [-0.15, -0.1) is 0 Å². The van der Waals surface area contributed by atoms with Gasteiger partial charge in [-0.2, -0.15) is 0 Å². The molecular weight excluding hydrogens is 274 g/mol. The van der Waals surface area contributed by atoms with Gasteiger partial charge in [-0.05, 0) is 37.5 Å². The Morgan fingerprint density at radius 1 is 1.30 bits per heavy atom. The van der Waals surface area contributed by atoms with E-state index in [-0.39, 0.29) is 0 Å². The van der Waals surface area contributed by atoms with Crippen LogP contribution >= 0.6 is 11.6 Å². The molecule has 1 aromatic carbocycles. The van der Waals surface area contributed by atoms with Crippen LogP contribution in [0.5, 0.6) is 5.75 Å². The van der Waals surface area contributed by atoms with Crippen LogP contribution in [-0.2, 0) is 6.54 Å². The Morgan fingerprint density at radius 3 is 3.00 bits per heavy atom. The van der Waals surface area contributed by atoms with E-state index < -0.39 is 5.60 Å². The van der Waals surface area contributed by atoms with Crippen molar-refractivity contribution in [3.05, 3.63) is 28.8 Å². The molecule has 0 amide bonds. The summed E-state index contributed by atoms with van der Waals surface area (Å²) in [5, 5.41) is 21.2. The topological polar surface area (TPSA) is 43.7 Å². The minimum absolute atomic E-state index is 0.305. The molecule has 110 valence electrons. The maximum absolute atomic E-state index is 10.7. The molecule has 3 rings (SSSR count). The average molecular weight is 296 g/mol. The van der Waals surface area contributed by atoms with Gasteiger partial charge in [-0.1, -0.05) is 24.4 Å². The molecule has 1 saturated carbocycles. The van der Waals surface area contributed by atoms with E-state index >= 15 is 0 Å². The van der Waals surface area contributed by atoms with Gasteiger partial charge in [0.15, 0.2) is 0 Å². The van der Waals surface area contributed by atoms with E-state index in [1.165, 1.54) is 6.42 Å². The van der Waals surface area contributed by atoms with Crippen LogP contribution in [0.15, 0.2) is 18.2 Å². The molecule has 1 aromatic rings. The molecule has 1 aliphatic heterocycles. The molecule has 2 fully saturated rings. The number of benzene rings is 1.